The van der Waals surface area contributed by atoms with Crippen molar-refractivity contribution >= 4 is 5.91 Å². The summed E-state index contributed by atoms with van der Waals surface area (Å²) in [6.07, 6.45) is 3.74. The Hall–Kier alpha value is -2.28. The maximum Gasteiger partial charge on any atom is 0.276 e. The van der Waals surface area contributed by atoms with Gasteiger partial charge < -0.3 is 4.90 Å². The third-order valence-corrected chi connectivity index (χ3v) is 4.99. The molecule has 140 valence electrons. The second kappa shape index (κ2) is 8.40. The summed E-state index contributed by atoms with van der Waals surface area (Å²) in [4.78, 5) is 16.4. The van der Waals surface area contributed by atoms with Gasteiger partial charge in [0.1, 0.15) is 5.82 Å². The lowest BCUT2D eigenvalue weighted by atomic mass is 10.0. The number of piperidine rings is 1. The second-order valence-electron chi connectivity index (χ2n) is 6.68. The summed E-state index contributed by atoms with van der Waals surface area (Å²) >= 11 is 0. The van der Waals surface area contributed by atoms with Gasteiger partial charge >= 0.3 is 0 Å². The van der Waals surface area contributed by atoms with Gasteiger partial charge in [0.15, 0.2) is 5.69 Å². The van der Waals surface area contributed by atoms with E-state index in [1.54, 1.807) is 21.8 Å². The van der Waals surface area contributed by atoms with E-state index >= 15 is 0 Å². The first kappa shape index (κ1) is 18.5. The highest BCUT2D eigenvalue weighted by Gasteiger charge is 2.24. The average Bonchev–Trinajstić information content (AvgIpc) is 3.15. The van der Waals surface area contributed by atoms with Gasteiger partial charge in [0.25, 0.3) is 5.91 Å². The van der Waals surface area contributed by atoms with Crippen molar-refractivity contribution in [1.82, 2.24) is 24.8 Å². The molecular weight excluding hydrogens is 333 g/mol. The van der Waals surface area contributed by atoms with Gasteiger partial charge in [0.05, 0.1) is 12.2 Å². The molecule has 6 nitrogen and oxygen atoms in total. The number of hydrogen-bond acceptors (Lipinski definition) is 4. The largest absolute Gasteiger partial charge is 0.338 e. The van der Waals surface area contributed by atoms with Crippen molar-refractivity contribution in [2.75, 3.05) is 26.2 Å². The Kier molecular flexibility index (Phi) is 5.98. The Morgan fingerprint density at radius 2 is 2.08 bits per heavy atom. The van der Waals surface area contributed by atoms with Gasteiger partial charge in [0, 0.05) is 31.7 Å². The van der Waals surface area contributed by atoms with Gasteiger partial charge in [0.2, 0.25) is 0 Å². The van der Waals surface area contributed by atoms with Crippen molar-refractivity contribution in [2.24, 2.45) is 0 Å². The van der Waals surface area contributed by atoms with Crippen LogP contribution >= 0.6 is 0 Å². The number of amides is 1. The van der Waals surface area contributed by atoms with Crippen LogP contribution in [0.25, 0.3) is 0 Å². The molecule has 3 rings (SSSR count). The maximum absolute atomic E-state index is 13.9. The first-order valence-electron chi connectivity index (χ1n) is 9.29. The molecule has 1 aliphatic rings. The van der Waals surface area contributed by atoms with Crippen LogP contribution < -0.4 is 0 Å². The van der Waals surface area contributed by atoms with Crippen LogP contribution in [0.1, 0.15) is 48.8 Å². The molecule has 0 aliphatic carbocycles. The lowest BCUT2D eigenvalue weighted by molar-refractivity contribution is 0.0767. The quantitative estimate of drug-likeness (QED) is 0.796. The molecule has 7 heteroatoms. The molecule has 1 atom stereocenters. The molecule has 1 aliphatic heterocycles. The van der Waals surface area contributed by atoms with Crippen LogP contribution in [0.5, 0.6) is 0 Å². The number of carbonyl (C=O) groups excluding carboxylic acids is 1. The minimum absolute atomic E-state index is 0.0831. The number of hydrogen-bond donors (Lipinski definition) is 0. The summed E-state index contributed by atoms with van der Waals surface area (Å²) in [5, 5.41) is 8.26. The van der Waals surface area contributed by atoms with Crippen LogP contribution in [0.3, 0.4) is 0 Å². The predicted octanol–water partition coefficient (Wildman–Crippen LogP) is 2.74. The zero-order valence-electron chi connectivity index (χ0n) is 15.4. The molecule has 0 spiro atoms. The van der Waals surface area contributed by atoms with Gasteiger partial charge in [-0.15, -0.1) is 5.10 Å². The summed E-state index contributed by atoms with van der Waals surface area (Å²) in [6.45, 7) is 7.51. The van der Waals surface area contributed by atoms with E-state index in [1.165, 1.54) is 6.07 Å². The fourth-order valence-corrected chi connectivity index (χ4v) is 3.48. The highest BCUT2D eigenvalue weighted by atomic mass is 19.1. The van der Waals surface area contributed by atoms with E-state index in [0.717, 1.165) is 25.9 Å². The van der Waals surface area contributed by atoms with Crippen LogP contribution in [0.2, 0.25) is 0 Å². The van der Waals surface area contributed by atoms with Crippen LogP contribution in [0.4, 0.5) is 4.39 Å². The average molecular weight is 359 g/mol. The lowest BCUT2D eigenvalue weighted by Gasteiger charge is -2.32. The third kappa shape index (κ3) is 4.09. The normalized spacial score (nSPS) is 18.0. The van der Waals surface area contributed by atoms with Crippen LogP contribution in [-0.2, 0) is 6.54 Å². The van der Waals surface area contributed by atoms with E-state index in [2.05, 4.69) is 15.2 Å². The first-order valence-corrected chi connectivity index (χ1v) is 9.29. The maximum atomic E-state index is 13.9. The molecule has 2 aromatic rings. The summed E-state index contributed by atoms with van der Waals surface area (Å²) in [7, 11) is 0. The Bertz CT molecular complexity index is 743. The number of likely N-dealkylation sites (tertiary alicyclic amines) is 1. The fraction of sp³-hybridized carbons (Fsp3) is 0.526. The molecule has 1 aromatic carbocycles. The molecule has 1 unspecified atom stereocenters. The van der Waals surface area contributed by atoms with Gasteiger partial charge in [-0.1, -0.05) is 23.4 Å². The van der Waals surface area contributed by atoms with Crippen molar-refractivity contribution in [3.05, 3.63) is 47.5 Å². The monoisotopic (exact) mass is 359 g/mol. The minimum Gasteiger partial charge on any atom is -0.338 e. The summed E-state index contributed by atoms with van der Waals surface area (Å²) in [6, 6.07) is 7.06. The third-order valence-electron chi connectivity index (χ3n) is 4.99. The van der Waals surface area contributed by atoms with Crippen LogP contribution in [-0.4, -0.2) is 56.9 Å². The predicted molar refractivity (Wildman–Crippen MR) is 97.2 cm³/mol. The van der Waals surface area contributed by atoms with Crippen LogP contribution in [0.15, 0.2) is 30.5 Å². The van der Waals surface area contributed by atoms with Crippen molar-refractivity contribution < 1.29 is 9.18 Å². The van der Waals surface area contributed by atoms with Gasteiger partial charge in [-0.05, 0) is 39.3 Å². The van der Waals surface area contributed by atoms with Crippen molar-refractivity contribution in [3.63, 3.8) is 0 Å². The number of nitrogens with zero attached hydrogens (tertiary/aromatic N) is 5. The molecule has 0 radical (unpaired) electrons. The Labute approximate surface area is 153 Å². The Morgan fingerprint density at radius 3 is 2.81 bits per heavy atom. The summed E-state index contributed by atoms with van der Waals surface area (Å²) < 4.78 is 15.7. The standard InChI is InChI=1S/C19H26FN5O/c1-3-24(4-2)19(26)18-14-25(22-21-18)16-9-7-11-23(13-16)12-15-8-5-6-10-17(15)20/h5-6,8,10,14,16H,3-4,7,9,11-13H2,1-2H3. The van der Waals surface area contributed by atoms with E-state index in [9.17, 15) is 9.18 Å². The van der Waals surface area contributed by atoms with Gasteiger partial charge in [-0.2, -0.15) is 0 Å². The molecular formula is C19H26FN5O. The molecule has 1 fully saturated rings. The van der Waals surface area contributed by atoms with E-state index in [4.69, 9.17) is 0 Å². The lowest BCUT2D eigenvalue weighted by Crippen LogP contribution is -2.36. The summed E-state index contributed by atoms with van der Waals surface area (Å²) in [5.74, 6) is -0.247. The molecule has 2 heterocycles. The van der Waals surface area contributed by atoms with Gasteiger partial charge in [-0.25, -0.2) is 9.07 Å². The Morgan fingerprint density at radius 1 is 1.31 bits per heavy atom. The van der Waals surface area contributed by atoms with E-state index < -0.39 is 0 Å². The number of rotatable bonds is 6. The van der Waals surface area contributed by atoms with Crippen molar-refractivity contribution in [3.8, 4) is 0 Å². The van der Waals surface area contributed by atoms with Crippen LogP contribution in [0, 0.1) is 5.82 Å². The molecule has 0 N–H and O–H groups in total. The number of carbonyl (C=O) groups is 1. The second-order valence-corrected chi connectivity index (χ2v) is 6.68. The Balaban J connectivity index is 1.66. The topological polar surface area (TPSA) is 54.3 Å². The van der Waals surface area contributed by atoms with Gasteiger partial charge in [-0.3, -0.25) is 9.69 Å². The molecule has 0 bridgehead atoms. The number of benzene rings is 1. The smallest absolute Gasteiger partial charge is 0.276 e. The molecule has 1 saturated heterocycles. The first-order chi connectivity index (χ1) is 12.6. The zero-order chi connectivity index (χ0) is 18.5. The minimum atomic E-state index is -0.164. The van der Waals surface area contributed by atoms with E-state index in [-0.39, 0.29) is 17.8 Å². The number of halogens is 1. The molecule has 1 amide bonds. The summed E-state index contributed by atoms with van der Waals surface area (Å²) in [5.41, 5.74) is 1.10. The molecule has 1 aromatic heterocycles. The highest BCUT2D eigenvalue weighted by Crippen LogP contribution is 2.23. The molecule has 26 heavy (non-hydrogen) atoms. The zero-order valence-corrected chi connectivity index (χ0v) is 15.4. The SMILES string of the molecule is CCN(CC)C(=O)c1cn(C2CCCN(Cc3ccccc3F)C2)nn1. The number of aromatic nitrogens is 3. The van der Waals surface area contributed by atoms with E-state index in [0.29, 0.717) is 30.9 Å². The fourth-order valence-electron chi connectivity index (χ4n) is 3.48. The molecule has 0 saturated carbocycles. The van der Waals surface area contributed by atoms with Crippen molar-refractivity contribution in [2.45, 2.75) is 39.3 Å². The van der Waals surface area contributed by atoms with E-state index in [1.807, 2.05) is 26.0 Å². The highest BCUT2D eigenvalue weighted by molar-refractivity contribution is 5.91. The van der Waals surface area contributed by atoms with Crippen molar-refractivity contribution in [1.29, 1.82) is 0 Å².